The molecule has 28 heavy (non-hydrogen) atoms. The molecule has 3 heterocycles. The molecule has 0 spiro atoms. The number of primary amides is 1. The van der Waals surface area contributed by atoms with E-state index >= 15 is 0 Å². The van der Waals surface area contributed by atoms with Gasteiger partial charge in [-0.25, -0.2) is 4.79 Å². The Morgan fingerprint density at radius 2 is 1.79 bits per heavy atom. The molecule has 0 aliphatic carbocycles. The molecule has 0 aliphatic heterocycles. The average molecular weight is 394 g/mol. The molecule has 8 heteroatoms. The van der Waals surface area contributed by atoms with Crippen LogP contribution in [-0.2, 0) is 9.53 Å². The Hall–Kier alpha value is -3.65. The molecule has 0 aliphatic rings. The number of fused-ring (bicyclic) bond motifs is 3. The average Bonchev–Trinajstić information content (AvgIpc) is 3.23. The second-order valence-corrected chi connectivity index (χ2v) is 7.04. The van der Waals surface area contributed by atoms with Crippen LogP contribution in [-0.4, -0.2) is 34.3 Å². The van der Waals surface area contributed by atoms with Crippen molar-refractivity contribution in [2.75, 3.05) is 7.11 Å². The maximum Gasteiger partial charge on any atom is 0.348 e. The summed E-state index contributed by atoms with van der Waals surface area (Å²) in [7, 11) is 1.27. The second kappa shape index (κ2) is 6.50. The van der Waals surface area contributed by atoms with Crippen molar-refractivity contribution in [1.82, 2.24) is 4.40 Å². The molecule has 0 saturated carbocycles. The molecule has 0 saturated heterocycles. The highest BCUT2D eigenvalue weighted by atomic mass is 32.1. The summed E-state index contributed by atoms with van der Waals surface area (Å²) in [5.41, 5.74) is 7.18. The van der Waals surface area contributed by atoms with Crippen molar-refractivity contribution in [2.24, 2.45) is 5.73 Å². The van der Waals surface area contributed by atoms with E-state index in [-0.39, 0.29) is 21.7 Å². The molecule has 0 fully saturated rings. The van der Waals surface area contributed by atoms with Crippen LogP contribution in [0.5, 0.6) is 5.75 Å². The molecule has 0 atom stereocenters. The lowest BCUT2D eigenvalue weighted by Gasteiger charge is -2.06. The summed E-state index contributed by atoms with van der Waals surface area (Å²) in [6.45, 7) is 0. The predicted molar refractivity (Wildman–Crippen MR) is 105 cm³/mol. The summed E-state index contributed by atoms with van der Waals surface area (Å²) < 4.78 is 6.89. The van der Waals surface area contributed by atoms with Gasteiger partial charge >= 0.3 is 5.97 Å². The van der Waals surface area contributed by atoms with Crippen molar-refractivity contribution in [1.29, 1.82) is 0 Å². The highest BCUT2D eigenvalue weighted by Crippen LogP contribution is 2.45. The minimum atomic E-state index is -1.15. The Labute approximate surface area is 162 Å². The minimum Gasteiger partial charge on any atom is -0.506 e. The number of nitrogens with zero attached hydrogens (tertiary/aromatic N) is 1. The fourth-order valence-electron chi connectivity index (χ4n) is 3.30. The predicted octanol–water partition coefficient (Wildman–Crippen LogP) is 2.98. The number of hydrogen-bond donors (Lipinski definition) is 2. The highest BCUT2D eigenvalue weighted by Gasteiger charge is 2.31. The van der Waals surface area contributed by atoms with E-state index in [1.54, 1.807) is 16.7 Å². The smallest absolute Gasteiger partial charge is 0.348 e. The van der Waals surface area contributed by atoms with Crippen molar-refractivity contribution >= 4 is 44.7 Å². The minimum absolute atomic E-state index is 0.0297. The van der Waals surface area contributed by atoms with E-state index in [1.807, 2.05) is 30.3 Å². The van der Waals surface area contributed by atoms with Crippen LogP contribution in [0.2, 0.25) is 0 Å². The normalized spacial score (nSPS) is 11.0. The Kier molecular flexibility index (Phi) is 4.12. The summed E-state index contributed by atoms with van der Waals surface area (Å²) in [6.07, 6.45) is 1.65. The first kappa shape index (κ1) is 17.7. The van der Waals surface area contributed by atoms with E-state index in [9.17, 15) is 19.5 Å². The molecule has 0 unspecified atom stereocenters. The van der Waals surface area contributed by atoms with Gasteiger partial charge in [-0.15, -0.1) is 11.3 Å². The van der Waals surface area contributed by atoms with Crippen LogP contribution in [0, 0.1) is 0 Å². The fourth-order valence-corrected chi connectivity index (χ4v) is 4.58. The maximum atomic E-state index is 12.6. The van der Waals surface area contributed by atoms with Gasteiger partial charge in [0.15, 0.2) is 0 Å². The third-order valence-corrected chi connectivity index (χ3v) is 5.62. The number of thiophene rings is 1. The van der Waals surface area contributed by atoms with Crippen LogP contribution >= 0.6 is 11.3 Å². The molecule has 4 aromatic rings. The SMILES string of the molecule is COC(=O)c1sc2c(C(=O)C(N)=O)c3c(O)cccn3c2c1-c1ccccc1. The van der Waals surface area contributed by atoms with Gasteiger partial charge in [-0.05, 0) is 17.7 Å². The summed E-state index contributed by atoms with van der Waals surface area (Å²) in [5, 5.41) is 10.4. The van der Waals surface area contributed by atoms with E-state index in [0.717, 1.165) is 16.9 Å². The first-order chi connectivity index (χ1) is 13.5. The van der Waals surface area contributed by atoms with Crippen LogP contribution in [0.4, 0.5) is 0 Å². The number of rotatable bonds is 4. The van der Waals surface area contributed by atoms with E-state index in [1.165, 1.54) is 13.2 Å². The molecular weight excluding hydrogens is 380 g/mol. The van der Waals surface area contributed by atoms with Crippen LogP contribution in [0.25, 0.3) is 26.9 Å². The second-order valence-electron chi connectivity index (χ2n) is 6.02. The van der Waals surface area contributed by atoms with Gasteiger partial charge in [0.05, 0.1) is 22.9 Å². The van der Waals surface area contributed by atoms with Gasteiger partial charge < -0.3 is 20.0 Å². The third kappa shape index (κ3) is 2.46. The first-order valence-corrected chi connectivity index (χ1v) is 9.03. The number of aromatic hydroxyl groups is 1. The van der Waals surface area contributed by atoms with Crippen molar-refractivity contribution < 1.29 is 24.2 Å². The lowest BCUT2D eigenvalue weighted by Crippen LogP contribution is -2.23. The Morgan fingerprint density at radius 1 is 1.07 bits per heavy atom. The van der Waals surface area contributed by atoms with Crippen molar-refractivity contribution in [2.45, 2.75) is 0 Å². The van der Waals surface area contributed by atoms with E-state index < -0.39 is 17.7 Å². The molecule has 4 rings (SSSR count). The van der Waals surface area contributed by atoms with E-state index in [2.05, 4.69) is 0 Å². The lowest BCUT2D eigenvalue weighted by atomic mass is 10.0. The van der Waals surface area contributed by atoms with Gasteiger partial charge in [0.1, 0.15) is 16.1 Å². The van der Waals surface area contributed by atoms with Crippen molar-refractivity contribution in [3.8, 4) is 16.9 Å². The number of benzene rings is 1. The van der Waals surface area contributed by atoms with Crippen molar-refractivity contribution in [3.63, 3.8) is 0 Å². The molecule has 1 amide bonds. The number of amides is 1. The third-order valence-electron chi connectivity index (χ3n) is 4.44. The molecule has 140 valence electrons. The number of aromatic nitrogens is 1. The molecule has 1 aromatic carbocycles. The van der Waals surface area contributed by atoms with Crippen LogP contribution in [0.1, 0.15) is 20.0 Å². The number of nitrogens with two attached hydrogens (primary N) is 1. The number of ether oxygens (including phenoxy) is 1. The number of hydrogen-bond acceptors (Lipinski definition) is 6. The molecule has 0 bridgehead atoms. The van der Waals surface area contributed by atoms with Gasteiger partial charge in [0.25, 0.3) is 11.7 Å². The number of methoxy groups -OCH3 is 1. The van der Waals surface area contributed by atoms with Crippen LogP contribution in [0.3, 0.4) is 0 Å². The van der Waals surface area contributed by atoms with Gasteiger partial charge in [-0.3, -0.25) is 9.59 Å². The quantitative estimate of drug-likeness (QED) is 0.314. The topological polar surface area (TPSA) is 111 Å². The number of ketones is 1. The first-order valence-electron chi connectivity index (χ1n) is 8.22. The molecule has 3 aromatic heterocycles. The zero-order valence-electron chi connectivity index (χ0n) is 14.6. The summed E-state index contributed by atoms with van der Waals surface area (Å²) >= 11 is 1.02. The van der Waals surface area contributed by atoms with E-state index in [4.69, 9.17) is 10.5 Å². The van der Waals surface area contributed by atoms with Crippen LogP contribution < -0.4 is 5.73 Å². The number of carbonyl (C=O) groups excluding carboxylic acids is 3. The molecular formula is C20H14N2O5S. The summed E-state index contributed by atoms with van der Waals surface area (Å²) in [6, 6.07) is 12.2. The zero-order chi connectivity index (χ0) is 20.0. The maximum absolute atomic E-state index is 12.6. The zero-order valence-corrected chi connectivity index (χ0v) is 15.4. The standard InChI is InChI=1S/C20H14N2O5S/c1-27-20(26)18-12(10-6-3-2-4-7-10)15-17(28-18)13(16(24)19(21)25)14-11(23)8-5-9-22(14)15/h2-9,23H,1H3,(H2,21,25). The number of pyridine rings is 1. The molecule has 7 nitrogen and oxygen atoms in total. The molecule has 3 N–H and O–H groups in total. The number of esters is 1. The Bertz CT molecular complexity index is 1270. The van der Waals surface area contributed by atoms with Gasteiger partial charge in [0.2, 0.25) is 0 Å². The Balaban J connectivity index is 2.25. The van der Waals surface area contributed by atoms with Crippen molar-refractivity contribution in [3.05, 3.63) is 59.1 Å². The molecule has 0 radical (unpaired) electrons. The Morgan fingerprint density at radius 3 is 2.43 bits per heavy atom. The fraction of sp³-hybridized carbons (Fsp3) is 0.0500. The monoisotopic (exact) mass is 394 g/mol. The van der Waals surface area contributed by atoms with Gasteiger partial charge in [-0.2, -0.15) is 0 Å². The van der Waals surface area contributed by atoms with E-state index in [0.29, 0.717) is 15.8 Å². The largest absolute Gasteiger partial charge is 0.506 e. The van der Waals surface area contributed by atoms with Gasteiger partial charge in [0, 0.05) is 11.8 Å². The lowest BCUT2D eigenvalue weighted by molar-refractivity contribution is -0.114. The van der Waals surface area contributed by atoms with Crippen LogP contribution in [0.15, 0.2) is 48.7 Å². The van der Waals surface area contributed by atoms with Gasteiger partial charge in [-0.1, -0.05) is 30.3 Å². The summed E-state index contributed by atoms with van der Waals surface area (Å²) in [5.74, 6) is -2.82. The summed E-state index contributed by atoms with van der Waals surface area (Å²) in [4.78, 5) is 36.9. The highest BCUT2D eigenvalue weighted by molar-refractivity contribution is 7.22. The number of Topliss-reactive ketones (excluding diaryl/α,β-unsaturated/α-hetero) is 1. The number of carbonyl (C=O) groups is 3.